The minimum absolute atomic E-state index is 0.305. The van der Waals surface area contributed by atoms with Crippen LogP contribution in [0, 0.1) is 0 Å². The van der Waals surface area contributed by atoms with Gasteiger partial charge in [-0.3, -0.25) is 0 Å². The van der Waals surface area contributed by atoms with Crippen LogP contribution < -0.4 is 4.90 Å². The van der Waals surface area contributed by atoms with E-state index in [0.29, 0.717) is 0 Å². The van der Waals surface area contributed by atoms with E-state index in [0.717, 1.165) is 60.9 Å². The van der Waals surface area contributed by atoms with Crippen LogP contribution in [0.2, 0.25) is 0 Å². The molecule has 0 N–H and O–H groups in total. The number of anilines is 3. The Bertz CT molecular complexity index is 3770. The highest BCUT2D eigenvalue weighted by Crippen LogP contribution is 2.60. The Balaban J connectivity index is 1.07. The van der Waals surface area contributed by atoms with E-state index in [4.69, 9.17) is 8.83 Å². The van der Waals surface area contributed by atoms with Crippen molar-refractivity contribution in [1.82, 2.24) is 0 Å². The first kappa shape index (κ1) is 36.6. The number of hydrogen-bond acceptors (Lipinski definition) is 3. The molecule has 0 saturated heterocycles. The maximum absolute atomic E-state index is 6.82. The maximum atomic E-state index is 6.82. The normalized spacial score (nSPS) is 14.4. The first-order valence-electron chi connectivity index (χ1n) is 22.8. The fourth-order valence-electron chi connectivity index (χ4n) is 11.9. The molecule has 0 aliphatic heterocycles. The molecule has 0 amide bonds. The van der Waals surface area contributed by atoms with Gasteiger partial charge in [-0.25, -0.2) is 0 Å². The zero-order valence-corrected chi connectivity index (χ0v) is 36.7. The van der Waals surface area contributed by atoms with Gasteiger partial charge in [0.1, 0.15) is 22.3 Å². The number of benzene rings is 10. The van der Waals surface area contributed by atoms with Crippen molar-refractivity contribution < 1.29 is 8.83 Å². The van der Waals surface area contributed by atoms with E-state index in [2.05, 4.69) is 221 Å². The van der Waals surface area contributed by atoms with Gasteiger partial charge in [-0.1, -0.05) is 179 Å². The summed E-state index contributed by atoms with van der Waals surface area (Å²) in [6.07, 6.45) is 0. The molecule has 0 fully saturated rings. The summed E-state index contributed by atoms with van der Waals surface area (Å²) in [5, 5.41) is 9.42. The van der Waals surface area contributed by atoms with Crippen molar-refractivity contribution >= 4 is 82.5 Å². The van der Waals surface area contributed by atoms with E-state index in [1.54, 1.807) is 0 Å². The predicted octanol–water partition coefficient (Wildman–Crippen LogP) is 17.5. The molecule has 2 aliphatic rings. The minimum Gasteiger partial charge on any atom is -0.455 e. The SMILES string of the molecule is CC1(C)c2cc(N(c3ccc(-c4ccccc4)cc3)c3cc4c(c5ccccc35)-c3c(ccc5c3oc3ccccc35)C4(C)C)c3ccccc3c2-c2c1ccc1c2oc2ccccc21. The zero-order valence-electron chi connectivity index (χ0n) is 36.7. The number of hydrogen-bond donors (Lipinski definition) is 0. The highest BCUT2D eigenvalue weighted by Gasteiger charge is 2.42. The molecule has 0 saturated carbocycles. The Morgan fingerprint density at radius 3 is 1.20 bits per heavy atom. The van der Waals surface area contributed by atoms with Crippen LogP contribution >= 0.6 is 0 Å². The van der Waals surface area contributed by atoms with Gasteiger partial charge in [-0.2, -0.15) is 0 Å². The van der Waals surface area contributed by atoms with Crippen molar-refractivity contribution in [3.8, 4) is 33.4 Å². The summed E-state index contributed by atoms with van der Waals surface area (Å²) < 4.78 is 13.6. The number of nitrogens with zero attached hydrogens (tertiary/aromatic N) is 1. The predicted molar refractivity (Wildman–Crippen MR) is 271 cm³/mol. The van der Waals surface area contributed by atoms with Gasteiger partial charge < -0.3 is 13.7 Å². The second kappa shape index (κ2) is 12.9. The Morgan fingerprint density at radius 2 is 0.723 bits per heavy atom. The van der Waals surface area contributed by atoms with Crippen molar-refractivity contribution in [2.45, 2.75) is 38.5 Å². The van der Waals surface area contributed by atoms with Gasteiger partial charge >= 0.3 is 0 Å². The molecule has 0 atom stereocenters. The van der Waals surface area contributed by atoms with Gasteiger partial charge in [0, 0.05) is 60.0 Å². The standard InChI is InChI=1S/C62H43NO2/c1-61(2)47-32-30-45-41-20-12-14-24-53(41)64-59(45)57(47)55-43-22-10-8-18-39(43)51(34-49(55)61)63(38-28-26-37(27-29-38)36-16-6-5-7-17-36)52-35-50-56(44-23-11-9-19-40(44)52)58-48(62(50,3)4)33-31-46-42-21-13-15-25-54(42)65-60(46)58/h5-35H,1-4H3. The van der Waals surface area contributed by atoms with Crippen molar-refractivity contribution in [3.63, 3.8) is 0 Å². The van der Waals surface area contributed by atoms with Crippen LogP contribution in [0.1, 0.15) is 49.9 Å². The third kappa shape index (κ3) is 4.85. The van der Waals surface area contributed by atoms with Gasteiger partial charge in [0.2, 0.25) is 0 Å². The Morgan fingerprint density at radius 1 is 0.323 bits per heavy atom. The largest absolute Gasteiger partial charge is 0.455 e. The lowest BCUT2D eigenvalue weighted by atomic mass is 9.81. The van der Waals surface area contributed by atoms with Crippen molar-refractivity contribution in [1.29, 1.82) is 0 Å². The van der Waals surface area contributed by atoms with Gasteiger partial charge in [0.15, 0.2) is 0 Å². The molecule has 0 radical (unpaired) electrons. The molecule has 308 valence electrons. The van der Waals surface area contributed by atoms with Crippen LogP contribution in [-0.2, 0) is 10.8 Å². The summed E-state index contributed by atoms with van der Waals surface area (Å²) in [6, 6.07) is 69.0. The van der Waals surface area contributed by atoms with Gasteiger partial charge in [0.05, 0.1) is 11.4 Å². The molecular weight excluding hydrogens is 791 g/mol. The molecule has 2 aliphatic carbocycles. The fraction of sp³-hybridized carbons (Fsp3) is 0.0968. The molecule has 0 spiro atoms. The van der Waals surface area contributed by atoms with Crippen molar-refractivity contribution in [2.24, 2.45) is 0 Å². The van der Waals surface area contributed by atoms with E-state index >= 15 is 0 Å². The average molecular weight is 834 g/mol. The number of furan rings is 2. The van der Waals surface area contributed by atoms with Crippen LogP contribution in [0.4, 0.5) is 17.1 Å². The Kier molecular flexibility index (Phi) is 7.24. The summed E-state index contributed by atoms with van der Waals surface area (Å²) in [6.45, 7) is 9.53. The minimum atomic E-state index is -0.305. The smallest absolute Gasteiger partial charge is 0.143 e. The Labute approximate surface area is 376 Å². The molecule has 14 rings (SSSR count). The molecule has 2 aromatic heterocycles. The van der Waals surface area contributed by atoms with Gasteiger partial charge in [-0.15, -0.1) is 0 Å². The highest BCUT2D eigenvalue weighted by atomic mass is 16.3. The second-order valence-electron chi connectivity index (χ2n) is 19.2. The molecule has 0 bridgehead atoms. The number of fused-ring (bicyclic) bond motifs is 18. The molecule has 3 nitrogen and oxygen atoms in total. The van der Waals surface area contributed by atoms with Gasteiger partial charge in [-0.05, 0) is 91.7 Å². The van der Waals surface area contributed by atoms with Crippen LogP contribution in [0.3, 0.4) is 0 Å². The van der Waals surface area contributed by atoms with Crippen molar-refractivity contribution in [2.75, 3.05) is 4.90 Å². The summed E-state index contributed by atoms with van der Waals surface area (Å²) >= 11 is 0. The average Bonchev–Trinajstić information content (AvgIpc) is 4.05. The summed E-state index contributed by atoms with van der Waals surface area (Å²) in [5.74, 6) is 0. The van der Waals surface area contributed by atoms with Crippen LogP contribution in [0.15, 0.2) is 197 Å². The second-order valence-corrected chi connectivity index (χ2v) is 19.2. The van der Waals surface area contributed by atoms with E-state index in [-0.39, 0.29) is 10.8 Å². The first-order valence-corrected chi connectivity index (χ1v) is 22.8. The van der Waals surface area contributed by atoms with Gasteiger partial charge in [0.25, 0.3) is 0 Å². The monoisotopic (exact) mass is 833 g/mol. The lowest BCUT2D eigenvalue weighted by Gasteiger charge is -2.32. The summed E-state index contributed by atoms with van der Waals surface area (Å²) in [5.41, 5.74) is 19.0. The lowest BCUT2D eigenvalue weighted by Crippen LogP contribution is -2.18. The fourth-order valence-corrected chi connectivity index (χ4v) is 11.9. The number of rotatable bonds is 4. The molecule has 65 heavy (non-hydrogen) atoms. The lowest BCUT2D eigenvalue weighted by molar-refractivity contribution is 0.653. The quantitative estimate of drug-likeness (QED) is 0.177. The topological polar surface area (TPSA) is 29.5 Å². The molecule has 10 aromatic carbocycles. The van der Waals surface area contributed by atoms with Crippen LogP contribution in [-0.4, -0.2) is 0 Å². The van der Waals surface area contributed by atoms with E-state index in [1.807, 2.05) is 0 Å². The van der Waals surface area contributed by atoms with E-state index in [1.165, 1.54) is 77.2 Å². The van der Waals surface area contributed by atoms with Crippen LogP contribution in [0.25, 0.3) is 98.8 Å². The van der Waals surface area contributed by atoms with Crippen molar-refractivity contribution in [3.05, 3.63) is 210 Å². The summed E-state index contributed by atoms with van der Waals surface area (Å²) in [4.78, 5) is 2.55. The zero-order chi connectivity index (χ0) is 43.3. The molecular formula is C62H43NO2. The third-order valence-corrected chi connectivity index (χ3v) is 15.0. The summed E-state index contributed by atoms with van der Waals surface area (Å²) in [7, 11) is 0. The van der Waals surface area contributed by atoms with E-state index < -0.39 is 0 Å². The first-order chi connectivity index (χ1) is 31.8. The molecule has 3 heteroatoms. The molecule has 12 aromatic rings. The molecule has 2 heterocycles. The highest BCUT2D eigenvalue weighted by molar-refractivity contribution is 6.20. The van der Waals surface area contributed by atoms with E-state index in [9.17, 15) is 0 Å². The maximum Gasteiger partial charge on any atom is 0.143 e. The van der Waals surface area contributed by atoms with Crippen LogP contribution in [0.5, 0.6) is 0 Å². The third-order valence-electron chi connectivity index (χ3n) is 15.0. The Hall–Kier alpha value is -7.88. The molecule has 0 unspecified atom stereocenters. The number of para-hydroxylation sites is 2.